The lowest BCUT2D eigenvalue weighted by Gasteiger charge is -2.10. The fraction of sp³-hybridized carbons (Fsp3) is 0.455. The first-order valence-corrected chi connectivity index (χ1v) is 6.01. The van der Waals surface area contributed by atoms with Gasteiger partial charge in [-0.05, 0) is 12.1 Å². The highest BCUT2D eigenvalue weighted by Crippen LogP contribution is 2.41. The van der Waals surface area contributed by atoms with Gasteiger partial charge >= 0.3 is 0 Å². The average molecular weight is 229 g/mol. The number of hydrogen-bond acceptors (Lipinski definition) is 2. The molecule has 76 valence electrons. The Hall–Kier alpha value is -0.180. The number of benzene rings is 1. The molecule has 1 unspecified atom stereocenters. The maximum Gasteiger partial charge on any atom is 0.108 e. The fourth-order valence-electron chi connectivity index (χ4n) is 1.40. The SMILES string of the molecule is CC(C)Sc1cccc(Cl)c1C1CO1. The third-order valence-corrected chi connectivity index (χ3v) is 3.44. The van der Waals surface area contributed by atoms with Crippen LogP contribution >= 0.6 is 23.4 Å². The predicted octanol–water partition coefficient (Wildman–Crippen LogP) is 3.91. The summed E-state index contributed by atoms with van der Waals surface area (Å²) in [6.45, 7) is 5.18. The Morgan fingerprint density at radius 1 is 1.50 bits per heavy atom. The number of thioether (sulfide) groups is 1. The zero-order valence-corrected chi connectivity index (χ0v) is 9.86. The van der Waals surface area contributed by atoms with Crippen LogP contribution < -0.4 is 0 Å². The van der Waals surface area contributed by atoms with Gasteiger partial charge in [0.2, 0.25) is 0 Å². The molecule has 1 aromatic rings. The number of halogens is 1. The second kappa shape index (κ2) is 4.13. The van der Waals surface area contributed by atoms with E-state index in [0.717, 1.165) is 11.6 Å². The molecule has 3 heteroatoms. The Balaban J connectivity index is 2.32. The molecule has 1 heterocycles. The zero-order valence-electron chi connectivity index (χ0n) is 8.29. The molecule has 0 radical (unpaired) electrons. The van der Waals surface area contributed by atoms with E-state index in [1.54, 1.807) is 0 Å². The maximum absolute atomic E-state index is 6.15. The summed E-state index contributed by atoms with van der Waals surface area (Å²) in [7, 11) is 0. The molecule has 1 fully saturated rings. The summed E-state index contributed by atoms with van der Waals surface area (Å²) in [5.41, 5.74) is 1.17. The van der Waals surface area contributed by atoms with Gasteiger partial charge in [0.15, 0.2) is 0 Å². The van der Waals surface area contributed by atoms with Crippen LogP contribution in [0, 0.1) is 0 Å². The summed E-state index contributed by atoms with van der Waals surface area (Å²) >= 11 is 8.00. The van der Waals surface area contributed by atoms with Gasteiger partial charge in [-0.25, -0.2) is 0 Å². The number of epoxide rings is 1. The molecule has 0 spiro atoms. The molecular weight excluding hydrogens is 216 g/mol. The van der Waals surface area contributed by atoms with Crippen LogP contribution in [-0.4, -0.2) is 11.9 Å². The van der Waals surface area contributed by atoms with Crippen LogP contribution in [0.15, 0.2) is 23.1 Å². The molecule has 1 aromatic carbocycles. The summed E-state index contributed by atoms with van der Waals surface area (Å²) < 4.78 is 5.30. The first kappa shape index (κ1) is 10.3. The van der Waals surface area contributed by atoms with Crippen molar-refractivity contribution in [3.8, 4) is 0 Å². The lowest BCUT2D eigenvalue weighted by atomic mass is 10.2. The van der Waals surface area contributed by atoms with E-state index in [-0.39, 0.29) is 6.10 Å². The van der Waals surface area contributed by atoms with E-state index < -0.39 is 0 Å². The Kier molecular flexibility index (Phi) is 3.05. The van der Waals surface area contributed by atoms with Gasteiger partial charge in [-0.15, -0.1) is 11.8 Å². The monoisotopic (exact) mass is 228 g/mol. The average Bonchev–Trinajstić information content (AvgIpc) is 2.86. The van der Waals surface area contributed by atoms with Crippen LogP contribution in [-0.2, 0) is 4.74 Å². The van der Waals surface area contributed by atoms with E-state index in [2.05, 4.69) is 19.9 Å². The fourth-order valence-corrected chi connectivity index (χ4v) is 2.79. The van der Waals surface area contributed by atoms with Crippen molar-refractivity contribution in [2.45, 2.75) is 30.1 Å². The normalized spacial score (nSPS) is 20.1. The molecule has 1 aliphatic rings. The van der Waals surface area contributed by atoms with Gasteiger partial charge in [0.05, 0.1) is 6.61 Å². The van der Waals surface area contributed by atoms with E-state index in [1.165, 1.54) is 10.5 Å². The summed E-state index contributed by atoms with van der Waals surface area (Å²) in [5.74, 6) is 0. The van der Waals surface area contributed by atoms with Gasteiger partial charge in [0, 0.05) is 20.7 Å². The van der Waals surface area contributed by atoms with Crippen molar-refractivity contribution in [2.75, 3.05) is 6.61 Å². The minimum atomic E-state index is 0.241. The topological polar surface area (TPSA) is 12.5 Å². The number of ether oxygens (including phenoxy) is 1. The molecule has 14 heavy (non-hydrogen) atoms. The van der Waals surface area contributed by atoms with Gasteiger partial charge < -0.3 is 4.74 Å². The van der Waals surface area contributed by atoms with Crippen LogP contribution in [0.4, 0.5) is 0 Å². The van der Waals surface area contributed by atoms with Crippen molar-refractivity contribution >= 4 is 23.4 Å². The quantitative estimate of drug-likeness (QED) is 0.575. The van der Waals surface area contributed by atoms with E-state index in [4.69, 9.17) is 16.3 Å². The van der Waals surface area contributed by atoms with Crippen LogP contribution in [0.2, 0.25) is 5.02 Å². The van der Waals surface area contributed by atoms with Crippen molar-refractivity contribution < 1.29 is 4.74 Å². The number of hydrogen-bond donors (Lipinski definition) is 0. The Morgan fingerprint density at radius 3 is 2.79 bits per heavy atom. The van der Waals surface area contributed by atoms with Gasteiger partial charge in [-0.1, -0.05) is 31.5 Å². The molecule has 0 amide bonds. The van der Waals surface area contributed by atoms with E-state index in [0.29, 0.717) is 5.25 Å². The molecular formula is C11H13ClOS. The molecule has 0 bridgehead atoms. The standard InChI is InChI=1S/C11H13ClOS/c1-7(2)14-10-5-3-4-8(12)11(10)9-6-13-9/h3-5,7,9H,6H2,1-2H3. The summed E-state index contributed by atoms with van der Waals surface area (Å²) in [6, 6.07) is 6.05. The van der Waals surface area contributed by atoms with Crippen molar-refractivity contribution in [1.29, 1.82) is 0 Å². The lowest BCUT2D eigenvalue weighted by Crippen LogP contribution is -1.92. The third kappa shape index (κ3) is 2.25. The predicted molar refractivity (Wildman–Crippen MR) is 61.1 cm³/mol. The molecule has 1 nitrogen and oxygen atoms in total. The summed E-state index contributed by atoms with van der Waals surface area (Å²) in [5, 5.41) is 1.41. The minimum Gasteiger partial charge on any atom is -0.368 e. The van der Waals surface area contributed by atoms with E-state index in [1.807, 2.05) is 23.9 Å². The van der Waals surface area contributed by atoms with Gasteiger partial charge in [0.25, 0.3) is 0 Å². The Labute approximate surface area is 93.8 Å². The van der Waals surface area contributed by atoms with Crippen molar-refractivity contribution in [1.82, 2.24) is 0 Å². The Bertz CT molecular complexity index is 334. The Morgan fingerprint density at radius 2 is 2.21 bits per heavy atom. The highest BCUT2D eigenvalue weighted by molar-refractivity contribution is 8.00. The smallest absolute Gasteiger partial charge is 0.108 e. The summed E-state index contributed by atoms with van der Waals surface area (Å²) in [4.78, 5) is 1.26. The molecule has 2 rings (SSSR count). The van der Waals surface area contributed by atoms with Crippen LogP contribution in [0.25, 0.3) is 0 Å². The van der Waals surface area contributed by atoms with Crippen molar-refractivity contribution in [3.63, 3.8) is 0 Å². The molecule has 1 atom stereocenters. The summed E-state index contributed by atoms with van der Waals surface area (Å²) in [6.07, 6.45) is 0.241. The third-order valence-electron chi connectivity index (χ3n) is 2.03. The molecule has 0 aromatic heterocycles. The highest BCUT2D eigenvalue weighted by atomic mass is 35.5. The molecule has 0 aliphatic carbocycles. The minimum absolute atomic E-state index is 0.241. The zero-order chi connectivity index (χ0) is 10.1. The van der Waals surface area contributed by atoms with Gasteiger partial charge in [0.1, 0.15) is 6.10 Å². The lowest BCUT2D eigenvalue weighted by molar-refractivity contribution is 0.413. The second-order valence-electron chi connectivity index (χ2n) is 3.64. The maximum atomic E-state index is 6.15. The van der Waals surface area contributed by atoms with Crippen molar-refractivity contribution in [2.24, 2.45) is 0 Å². The highest BCUT2D eigenvalue weighted by Gasteiger charge is 2.29. The first-order chi connectivity index (χ1) is 6.68. The molecule has 0 N–H and O–H groups in total. The van der Waals surface area contributed by atoms with Gasteiger partial charge in [-0.3, -0.25) is 0 Å². The second-order valence-corrected chi connectivity index (χ2v) is 5.67. The van der Waals surface area contributed by atoms with E-state index in [9.17, 15) is 0 Å². The van der Waals surface area contributed by atoms with Gasteiger partial charge in [-0.2, -0.15) is 0 Å². The molecule has 1 aliphatic heterocycles. The van der Waals surface area contributed by atoms with Crippen LogP contribution in [0.5, 0.6) is 0 Å². The number of rotatable bonds is 3. The molecule has 0 saturated carbocycles. The van der Waals surface area contributed by atoms with Crippen LogP contribution in [0.3, 0.4) is 0 Å². The van der Waals surface area contributed by atoms with E-state index >= 15 is 0 Å². The molecule has 1 saturated heterocycles. The van der Waals surface area contributed by atoms with Crippen LogP contribution in [0.1, 0.15) is 25.5 Å². The largest absolute Gasteiger partial charge is 0.368 e. The van der Waals surface area contributed by atoms with Crippen molar-refractivity contribution in [3.05, 3.63) is 28.8 Å². The first-order valence-electron chi connectivity index (χ1n) is 4.75.